The minimum Gasteiger partial charge on any atom is -0.342 e. The largest absolute Gasteiger partial charge is 0.342 e. The molecular formula is C21H29N5O2. The van der Waals surface area contributed by atoms with Gasteiger partial charge in [0.2, 0.25) is 11.8 Å². The van der Waals surface area contributed by atoms with Crippen LogP contribution in [0.3, 0.4) is 0 Å². The van der Waals surface area contributed by atoms with E-state index in [1.54, 1.807) is 6.20 Å². The van der Waals surface area contributed by atoms with Gasteiger partial charge >= 0.3 is 0 Å². The number of carbonyl (C=O) groups excluding carboxylic acids is 2. The molecule has 2 aromatic rings. The van der Waals surface area contributed by atoms with Crippen molar-refractivity contribution in [3.63, 3.8) is 0 Å². The number of fused-ring (bicyclic) bond motifs is 1. The summed E-state index contributed by atoms with van der Waals surface area (Å²) in [6.45, 7) is 8.06. The topological polar surface area (TPSA) is 71.3 Å². The summed E-state index contributed by atoms with van der Waals surface area (Å²) in [4.78, 5) is 33.5. The van der Waals surface area contributed by atoms with Crippen LogP contribution < -0.4 is 0 Å². The number of likely N-dealkylation sites (tertiary alicyclic amines) is 2. The number of carbonyl (C=O) groups is 2. The molecule has 0 radical (unpaired) electrons. The quantitative estimate of drug-likeness (QED) is 0.798. The van der Waals surface area contributed by atoms with Gasteiger partial charge in [0, 0.05) is 56.1 Å². The summed E-state index contributed by atoms with van der Waals surface area (Å²) in [6, 6.07) is 4.03. The highest BCUT2D eigenvalue weighted by Gasteiger charge is 2.41. The molecule has 0 aliphatic carbocycles. The van der Waals surface area contributed by atoms with Crippen molar-refractivity contribution >= 4 is 22.8 Å². The molecule has 150 valence electrons. The molecule has 1 atom stereocenters. The molecule has 0 unspecified atom stereocenters. The molecule has 2 aliphatic rings. The molecule has 4 heterocycles. The molecule has 7 nitrogen and oxygen atoms in total. The van der Waals surface area contributed by atoms with Crippen LogP contribution in [0.2, 0.25) is 0 Å². The zero-order valence-corrected chi connectivity index (χ0v) is 17.2. The Labute approximate surface area is 165 Å². The zero-order valence-electron chi connectivity index (χ0n) is 17.2. The van der Waals surface area contributed by atoms with Crippen molar-refractivity contribution in [1.82, 2.24) is 24.6 Å². The Hall–Kier alpha value is -2.44. The first-order valence-electron chi connectivity index (χ1n) is 10.1. The van der Waals surface area contributed by atoms with E-state index >= 15 is 0 Å². The molecule has 2 amide bonds. The van der Waals surface area contributed by atoms with E-state index in [0.29, 0.717) is 18.9 Å². The number of aryl methyl sites for hydroxylation is 1. The van der Waals surface area contributed by atoms with Gasteiger partial charge in [0.1, 0.15) is 0 Å². The van der Waals surface area contributed by atoms with Crippen LogP contribution in [0.1, 0.15) is 51.6 Å². The number of hydrogen-bond donors (Lipinski definition) is 0. The normalized spacial score (nSPS) is 21.7. The Morgan fingerprint density at radius 3 is 2.57 bits per heavy atom. The maximum atomic E-state index is 13.0. The molecular weight excluding hydrogens is 354 g/mol. The van der Waals surface area contributed by atoms with E-state index in [1.807, 2.05) is 48.4 Å². The van der Waals surface area contributed by atoms with E-state index in [0.717, 1.165) is 42.7 Å². The van der Waals surface area contributed by atoms with E-state index in [9.17, 15) is 9.59 Å². The average molecular weight is 383 g/mol. The van der Waals surface area contributed by atoms with E-state index in [2.05, 4.69) is 11.1 Å². The van der Waals surface area contributed by atoms with Gasteiger partial charge < -0.3 is 9.80 Å². The van der Waals surface area contributed by atoms with Gasteiger partial charge in [0.05, 0.1) is 11.6 Å². The lowest BCUT2D eigenvalue weighted by atomic mass is 9.91. The monoisotopic (exact) mass is 383 g/mol. The molecule has 0 bridgehead atoms. The molecule has 7 heteroatoms. The second-order valence-corrected chi connectivity index (χ2v) is 9.06. The molecule has 0 spiro atoms. The molecule has 28 heavy (non-hydrogen) atoms. The van der Waals surface area contributed by atoms with Gasteiger partial charge in [-0.05, 0) is 45.7 Å². The molecule has 4 rings (SSSR count). The summed E-state index contributed by atoms with van der Waals surface area (Å²) in [6.07, 6.45) is 3.93. The number of piperidine rings is 1. The lowest BCUT2D eigenvalue weighted by Gasteiger charge is -2.34. The maximum Gasteiger partial charge on any atom is 0.227 e. The van der Waals surface area contributed by atoms with Crippen molar-refractivity contribution in [1.29, 1.82) is 0 Å². The van der Waals surface area contributed by atoms with Crippen LogP contribution >= 0.6 is 0 Å². The number of aromatic nitrogens is 3. The third kappa shape index (κ3) is 3.27. The molecule has 0 aromatic carbocycles. The summed E-state index contributed by atoms with van der Waals surface area (Å²) < 4.78 is 1.84. The zero-order chi connectivity index (χ0) is 20.1. The standard InChI is InChI=1S/C21H29N5O2/c1-21(2,3)26-13-15(12-17(26)27)20(28)25-10-7-14(8-11-25)18-16-6-5-9-22-19(16)24(4)23-18/h5-6,9,14-15H,7-8,10-13H2,1-4H3/t15-/m1/s1. The van der Waals surface area contributed by atoms with Gasteiger partial charge in [-0.25, -0.2) is 4.98 Å². The molecule has 0 saturated carbocycles. The summed E-state index contributed by atoms with van der Waals surface area (Å²) in [7, 11) is 1.93. The summed E-state index contributed by atoms with van der Waals surface area (Å²) >= 11 is 0. The van der Waals surface area contributed by atoms with Crippen molar-refractivity contribution in [2.45, 2.75) is 51.5 Å². The molecule has 2 fully saturated rings. The van der Waals surface area contributed by atoms with Gasteiger partial charge in [0.15, 0.2) is 5.65 Å². The fourth-order valence-electron chi connectivity index (χ4n) is 4.57. The number of hydrogen-bond acceptors (Lipinski definition) is 4. The Balaban J connectivity index is 1.42. The number of amides is 2. The van der Waals surface area contributed by atoms with Crippen LogP contribution in [0.25, 0.3) is 11.0 Å². The van der Waals surface area contributed by atoms with Crippen LogP contribution in [0, 0.1) is 5.92 Å². The van der Waals surface area contributed by atoms with Crippen molar-refractivity contribution < 1.29 is 9.59 Å². The second kappa shape index (κ2) is 6.87. The van der Waals surface area contributed by atoms with Crippen molar-refractivity contribution in [3.05, 3.63) is 24.0 Å². The number of pyridine rings is 1. The number of nitrogens with zero attached hydrogens (tertiary/aromatic N) is 5. The number of rotatable bonds is 2. The summed E-state index contributed by atoms with van der Waals surface area (Å²) in [5.41, 5.74) is 1.77. The van der Waals surface area contributed by atoms with Crippen molar-refractivity contribution in [2.24, 2.45) is 13.0 Å². The van der Waals surface area contributed by atoms with E-state index in [4.69, 9.17) is 5.10 Å². The highest BCUT2D eigenvalue weighted by Crippen LogP contribution is 2.33. The van der Waals surface area contributed by atoms with Gasteiger partial charge in [-0.2, -0.15) is 5.10 Å². The molecule has 2 aromatic heterocycles. The SMILES string of the molecule is Cn1nc(C2CCN(C(=O)[C@@H]3CC(=O)N(C(C)(C)C)C3)CC2)c2cccnc21. The van der Waals surface area contributed by atoms with Crippen LogP contribution in [0.5, 0.6) is 0 Å². The van der Waals surface area contributed by atoms with E-state index in [1.165, 1.54) is 0 Å². The van der Waals surface area contributed by atoms with Gasteiger partial charge in [0.25, 0.3) is 0 Å². The molecule has 2 aliphatic heterocycles. The Morgan fingerprint density at radius 2 is 1.93 bits per heavy atom. The molecule has 0 N–H and O–H groups in total. The first-order chi connectivity index (χ1) is 13.3. The third-order valence-corrected chi connectivity index (χ3v) is 6.10. The Bertz CT molecular complexity index is 905. The fraction of sp³-hybridized carbons (Fsp3) is 0.619. The Kier molecular flexibility index (Phi) is 4.63. The second-order valence-electron chi connectivity index (χ2n) is 9.06. The van der Waals surface area contributed by atoms with E-state index in [-0.39, 0.29) is 23.3 Å². The van der Waals surface area contributed by atoms with Gasteiger partial charge in [-0.1, -0.05) is 0 Å². The van der Waals surface area contributed by atoms with Gasteiger partial charge in [-0.15, -0.1) is 0 Å². The predicted molar refractivity (Wildman–Crippen MR) is 107 cm³/mol. The lowest BCUT2D eigenvalue weighted by molar-refractivity contribution is -0.136. The van der Waals surface area contributed by atoms with E-state index < -0.39 is 0 Å². The summed E-state index contributed by atoms with van der Waals surface area (Å²) in [5.74, 6) is 0.357. The average Bonchev–Trinajstić information content (AvgIpc) is 3.22. The fourth-order valence-corrected chi connectivity index (χ4v) is 4.57. The first kappa shape index (κ1) is 18.9. The van der Waals surface area contributed by atoms with Crippen LogP contribution in [0.15, 0.2) is 18.3 Å². The smallest absolute Gasteiger partial charge is 0.227 e. The first-order valence-corrected chi connectivity index (χ1v) is 10.1. The lowest BCUT2D eigenvalue weighted by Crippen LogP contribution is -2.45. The van der Waals surface area contributed by atoms with Crippen molar-refractivity contribution in [3.8, 4) is 0 Å². The minimum atomic E-state index is -0.229. The maximum absolute atomic E-state index is 13.0. The Morgan fingerprint density at radius 1 is 1.21 bits per heavy atom. The van der Waals surface area contributed by atoms with Crippen LogP contribution in [-0.2, 0) is 16.6 Å². The predicted octanol–water partition coefficient (Wildman–Crippen LogP) is 2.32. The van der Waals surface area contributed by atoms with Gasteiger partial charge in [-0.3, -0.25) is 14.3 Å². The minimum absolute atomic E-state index is 0.0909. The summed E-state index contributed by atoms with van der Waals surface area (Å²) in [5, 5.41) is 5.82. The van der Waals surface area contributed by atoms with Crippen LogP contribution in [-0.4, -0.2) is 61.6 Å². The van der Waals surface area contributed by atoms with Crippen molar-refractivity contribution in [2.75, 3.05) is 19.6 Å². The highest BCUT2D eigenvalue weighted by molar-refractivity contribution is 5.89. The highest BCUT2D eigenvalue weighted by atomic mass is 16.2. The van der Waals surface area contributed by atoms with Crippen LogP contribution in [0.4, 0.5) is 0 Å². The molecule has 2 saturated heterocycles. The third-order valence-electron chi connectivity index (χ3n) is 6.10.